The molecule has 1 aliphatic carbocycles. The summed E-state index contributed by atoms with van der Waals surface area (Å²) in [5.41, 5.74) is 0. The molecule has 1 rings (SSSR count). The van der Waals surface area contributed by atoms with Gasteiger partial charge in [-0.1, -0.05) is 6.92 Å². The van der Waals surface area contributed by atoms with Gasteiger partial charge in [0.2, 0.25) is 0 Å². The van der Waals surface area contributed by atoms with Crippen LogP contribution in [-0.2, 0) is 0 Å². The van der Waals surface area contributed by atoms with Crippen molar-refractivity contribution in [3.63, 3.8) is 0 Å². The van der Waals surface area contributed by atoms with E-state index in [1.165, 1.54) is 38.8 Å². The Morgan fingerprint density at radius 1 is 1.33 bits per heavy atom. The summed E-state index contributed by atoms with van der Waals surface area (Å²) in [5.74, 6) is 0. The van der Waals surface area contributed by atoms with Crippen molar-refractivity contribution in [1.29, 1.82) is 0 Å². The molecule has 0 unspecified atom stereocenters. The predicted octanol–water partition coefficient (Wildman–Crippen LogP) is 1.47. The highest BCUT2D eigenvalue weighted by atomic mass is 15.2. The Hall–Kier alpha value is -0.0800. The second-order valence-electron chi connectivity index (χ2n) is 3.72. The van der Waals surface area contributed by atoms with Gasteiger partial charge >= 0.3 is 0 Å². The highest BCUT2D eigenvalue weighted by Gasteiger charge is 2.27. The van der Waals surface area contributed by atoms with Crippen molar-refractivity contribution >= 4 is 0 Å². The molecule has 0 amide bonds. The van der Waals surface area contributed by atoms with Gasteiger partial charge in [0.1, 0.15) is 0 Å². The smallest absolute Gasteiger partial charge is 0.00964 e. The van der Waals surface area contributed by atoms with Gasteiger partial charge in [0.05, 0.1) is 0 Å². The summed E-state index contributed by atoms with van der Waals surface area (Å²) in [6.07, 6.45) is 5.49. The minimum atomic E-state index is 0.946. The van der Waals surface area contributed by atoms with Gasteiger partial charge in [0.25, 0.3) is 0 Å². The fourth-order valence-electron chi connectivity index (χ4n) is 1.66. The second kappa shape index (κ2) is 5.55. The average molecular weight is 170 g/mol. The van der Waals surface area contributed by atoms with Gasteiger partial charge in [0, 0.05) is 6.04 Å². The minimum Gasteiger partial charge on any atom is -0.320 e. The molecule has 0 aromatic rings. The van der Waals surface area contributed by atoms with Gasteiger partial charge in [-0.25, -0.2) is 0 Å². The van der Waals surface area contributed by atoms with Gasteiger partial charge in [0.15, 0.2) is 0 Å². The Morgan fingerprint density at radius 2 is 2.08 bits per heavy atom. The molecule has 0 aromatic carbocycles. The molecular weight excluding hydrogens is 148 g/mol. The molecule has 0 aromatic heterocycles. The third-order valence-corrected chi connectivity index (χ3v) is 2.45. The van der Waals surface area contributed by atoms with Crippen LogP contribution in [0.2, 0.25) is 0 Å². The van der Waals surface area contributed by atoms with E-state index in [4.69, 9.17) is 0 Å². The van der Waals surface area contributed by atoms with Crippen molar-refractivity contribution in [2.45, 2.75) is 38.6 Å². The monoisotopic (exact) mass is 170 g/mol. The average Bonchev–Trinajstić information content (AvgIpc) is 2.86. The van der Waals surface area contributed by atoms with Crippen molar-refractivity contribution in [3.8, 4) is 0 Å². The molecule has 0 spiro atoms. The molecule has 0 saturated heterocycles. The molecule has 0 radical (unpaired) electrons. The predicted molar refractivity (Wildman–Crippen MR) is 53.4 cm³/mol. The lowest BCUT2D eigenvalue weighted by Gasteiger charge is -2.20. The fourth-order valence-corrected chi connectivity index (χ4v) is 1.66. The van der Waals surface area contributed by atoms with E-state index < -0.39 is 0 Å². The molecule has 0 aliphatic heterocycles. The van der Waals surface area contributed by atoms with Crippen molar-refractivity contribution in [2.75, 3.05) is 26.7 Å². The first kappa shape index (κ1) is 10.0. The zero-order chi connectivity index (χ0) is 8.81. The third-order valence-electron chi connectivity index (χ3n) is 2.45. The van der Waals surface area contributed by atoms with Gasteiger partial charge in [-0.3, -0.25) is 0 Å². The number of hydrogen-bond donors (Lipinski definition) is 1. The van der Waals surface area contributed by atoms with E-state index in [0.717, 1.165) is 12.6 Å². The first-order valence-electron chi connectivity index (χ1n) is 5.27. The number of nitrogens with one attached hydrogen (secondary N) is 1. The summed E-state index contributed by atoms with van der Waals surface area (Å²) in [4.78, 5) is 2.65. The topological polar surface area (TPSA) is 15.3 Å². The van der Waals surface area contributed by atoms with Crippen LogP contribution in [0.1, 0.15) is 32.6 Å². The van der Waals surface area contributed by atoms with Crippen molar-refractivity contribution in [2.24, 2.45) is 0 Å². The molecule has 1 fully saturated rings. The van der Waals surface area contributed by atoms with Crippen LogP contribution < -0.4 is 5.32 Å². The Morgan fingerprint density at radius 3 is 2.58 bits per heavy atom. The molecule has 2 heteroatoms. The fraction of sp³-hybridized carbons (Fsp3) is 1.00. The van der Waals surface area contributed by atoms with Crippen LogP contribution in [0, 0.1) is 0 Å². The van der Waals surface area contributed by atoms with Crippen molar-refractivity contribution in [1.82, 2.24) is 10.2 Å². The van der Waals surface area contributed by atoms with E-state index in [-0.39, 0.29) is 0 Å². The SMILES string of the molecule is CCCN(CCCNC)C1CC1. The molecule has 0 heterocycles. The van der Waals surface area contributed by atoms with E-state index in [1.54, 1.807) is 0 Å². The maximum absolute atomic E-state index is 3.20. The van der Waals surface area contributed by atoms with Gasteiger partial charge in [-0.05, 0) is 52.4 Å². The lowest BCUT2D eigenvalue weighted by molar-refractivity contribution is 0.260. The van der Waals surface area contributed by atoms with E-state index in [0.29, 0.717) is 0 Å². The molecule has 2 nitrogen and oxygen atoms in total. The largest absolute Gasteiger partial charge is 0.320 e. The van der Waals surface area contributed by atoms with E-state index in [9.17, 15) is 0 Å². The Bertz CT molecular complexity index is 110. The van der Waals surface area contributed by atoms with Crippen LogP contribution in [0.5, 0.6) is 0 Å². The van der Waals surface area contributed by atoms with Crippen molar-refractivity contribution in [3.05, 3.63) is 0 Å². The summed E-state index contributed by atoms with van der Waals surface area (Å²) < 4.78 is 0. The Labute approximate surface area is 76.3 Å². The van der Waals surface area contributed by atoms with Crippen LogP contribution in [0.4, 0.5) is 0 Å². The molecule has 72 valence electrons. The van der Waals surface area contributed by atoms with E-state index in [1.807, 2.05) is 7.05 Å². The number of nitrogens with zero attached hydrogens (tertiary/aromatic N) is 1. The summed E-state index contributed by atoms with van der Waals surface area (Å²) in [6, 6.07) is 0.946. The third kappa shape index (κ3) is 3.55. The van der Waals surface area contributed by atoms with Crippen LogP contribution in [0.3, 0.4) is 0 Å². The quantitative estimate of drug-likeness (QED) is 0.582. The van der Waals surface area contributed by atoms with Gasteiger partial charge in [-0.15, -0.1) is 0 Å². The van der Waals surface area contributed by atoms with Crippen LogP contribution in [0.15, 0.2) is 0 Å². The molecule has 0 bridgehead atoms. The Balaban J connectivity index is 2.05. The molecule has 1 aliphatic rings. The van der Waals surface area contributed by atoms with Gasteiger partial charge in [-0.2, -0.15) is 0 Å². The standard InChI is InChI=1S/C10H22N2/c1-3-8-12(10-5-6-10)9-4-7-11-2/h10-11H,3-9H2,1-2H3. The van der Waals surface area contributed by atoms with E-state index >= 15 is 0 Å². The van der Waals surface area contributed by atoms with Crippen LogP contribution in [-0.4, -0.2) is 37.6 Å². The maximum Gasteiger partial charge on any atom is 0.00964 e. The summed E-state index contributed by atoms with van der Waals surface area (Å²) in [5, 5.41) is 3.20. The van der Waals surface area contributed by atoms with Crippen LogP contribution >= 0.6 is 0 Å². The number of hydrogen-bond acceptors (Lipinski definition) is 2. The maximum atomic E-state index is 3.20. The molecule has 1 saturated carbocycles. The molecule has 12 heavy (non-hydrogen) atoms. The number of rotatable bonds is 7. The first-order chi connectivity index (χ1) is 5.88. The molecule has 0 atom stereocenters. The molecular formula is C10H22N2. The lowest BCUT2D eigenvalue weighted by Crippen LogP contribution is -2.29. The van der Waals surface area contributed by atoms with Crippen molar-refractivity contribution < 1.29 is 0 Å². The highest BCUT2D eigenvalue weighted by molar-refractivity contribution is 4.84. The van der Waals surface area contributed by atoms with Crippen LogP contribution in [0.25, 0.3) is 0 Å². The zero-order valence-electron chi connectivity index (χ0n) is 8.47. The zero-order valence-corrected chi connectivity index (χ0v) is 8.47. The van der Waals surface area contributed by atoms with Gasteiger partial charge < -0.3 is 10.2 Å². The first-order valence-corrected chi connectivity index (χ1v) is 5.27. The lowest BCUT2D eigenvalue weighted by atomic mass is 10.3. The summed E-state index contributed by atoms with van der Waals surface area (Å²) in [7, 11) is 2.03. The second-order valence-corrected chi connectivity index (χ2v) is 3.72. The Kier molecular flexibility index (Phi) is 4.62. The molecule has 1 N–H and O–H groups in total. The summed E-state index contributed by atoms with van der Waals surface area (Å²) >= 11 is 0. The van der Waals surface area contributed by atoms with E-state index in [2.05, 4.69) is 17.1 Å². The summed E-state index contributed by atoms with van der Waals surface area (Å²) in [6.45, 7) is 6.02. The minimum absolute atomic E-state index is 0.946. The highest BCUT2D eigenvalue weighted by Crippen LogP contribution is 2.26. The normalized spacial score (nSPS) is 17.2.